The normalized spacial score (nSPS) is 11.7. The van der Waals surface area contributed by atoms with Crippen LogP contribution in [0.1, 0.15) is 0 Å². The SMILES string of the molecule is c1ccc2c(c1)ncc1ncn(On3cnc4cnc5ccccc5c43)c12. The van der Waals surface area contributed by atoms with E-state index in [9.17, 15) is 0 Å². The summed E-state index contributed by atoms with van der Waals surface area (Å²) in [5.74, 6) is 0. The highest BCUT2D eigenvalue weighted by molar-refractivity contribution is 6.02. The lowest BCUT2D eigenvalue weighted by Gasteiger charge is -2.09. The Hall–Kier alpha value is -4.00. The molecule has 0 fully saturated rings. The Kier molecular flexibility index (Phi) is 2.76. The van der Waals surface area contributed by atoms with Crippen LogP contribution in [-0.4, -0.2) is 29.4 Å². The molecule has 4 heterocycles. The molecule has 4 aromatic heterocycles. The van der Waals surface area contributed by atoms with Gasteiger partial charge in [-0.15, -0.1) is 9.46 Å². The van der Waals surface area contributed by atoms with Crippen LogP contribution in [0.15, 0.2) is 73.6 Å². The molecule has 0 radical (unpaired) electrons. The number of rotatable bonds is 2. The van der Waals surface area contributed by atoms with E-state index < -0.39 is 0 Å². The predicted molar refractivity (Wildman–Crippen MR) is 102 cm³/mol. The quantitative estimate of drug-likeness (QED) is 0.478. The topological polar surface area (TPSA) is 70.7 Å². The molecule has 128 valence electrons. The zero-order valence-electron chi connectivity index (χ0n) is 14.0. The van der Waals surface area contributed by atoms with E-state index in [2.05, 4.69) is 19.9 Å². The van der Waals surface area contributed by atoms with Gasteiger partial charge in [0.1, 0.15) is 34.7 Å². The van der Waals surface area contributed by atoms with Crippen LogP contribution < -0.4 is 4.94 Å². The molecule has 0 N–H and O–H groups in total. The first kappa shape index (κ1) is 14.2. The molecule has 0 bridgehead atoms. The molecular weight excluding hydrogens is 340 g/mol. The number of hydrogen-bond acceptors (Lipinski definition) is 5. The fourth-order valence-corrected chi connectivity index (χ4v) is 3.45. The summed E-state index contributed by atoms with van der Waals surface area (Å²) < 4.78 is 3.30. The Morgan fingerprint density at radius 2 is 1.04 bits per heavy atom. The second kappa shape index (κ2) is 5.25. The lowest BCUT2D eigenvalue weighted by molar-refractivity contribution is 0.0503. The summed E-state index contributed by atoms with van der Waals surface area (Å²) >= 11 is 0. The third kappa shape index (κ3) is 2.02. The van der Waals surface area contributed by atoms with Crippen LogP contribution in [0.3, 0.4) is 0 Å². The van der Waals surface area contributed by atoms with Crippen molar-refractivity contribution >= 4 is 43.9 Å². The summed E-state index contributed by atoms with van der Waals surface area (Å²) in [5.41, 5.74) is 5.04. The second-order valence-corrected chi connectivity index (χ2v) is 6.24. The molecule has 0 amide bonds. The summed E-state index contributed by atoms with van der Waals surface area (Å²) in [7, 11) is 0. The number of benzene rings is 2. The maximum Gasteiger partial charge on any atom is 0.136 e. The molecule has 0 unspecified atom stereocenters. The van der Waals surface area contributed by atoms with Crippen molar-refractivity contribution in [3.63, 3.8) is 0 Å². The van der Waals surface area contributed by atoms with E-state index in [1.54, 1.807) is 34.5 Å². The Bertz CT molecular complexity index is 1350. The number of hydrogen-bond donors (Lipinski definition) is 0. The lowest BCUT2D eigenvalue weighted by Crippen LogP contribution is -2.16. The van der Waals surface area contributed by atoms with Crippen LogP contribution in [-0.2, 0) is 0 Å². The molecule has 7 heteroatoms. The molecule has 0 aliphatic carbocycles. The van der Waals surface area contributed by atoms with Gasteiger partial charge in [0.2, 0.25) is 0 Å². The number of aromatic nitrogens is 6. The summed E-state index contributed by atoms with van der Waals surface area (Å²) in [5, 5.41) is 1.95. The van der Waals surface area contributed by atoms with Gasteiger partial charge >= 0.3 is 0 Å². The van der Waals surface area contributed by atoms with Gasteiger partial charge in [-0.3, -0.25) is 14.9 Å². The van der Waals surface area contributed by atoms with E-state index in [0.29, 0.717) is 0 Å². The predicted octanol–water partition coefficient (Wildman–Crippen LogP) is 3.37. The van der Waals surface area contributed by atoms with Gasteiger partial charge in [-0.05, 0) is 12.1 Å². The Labute approximate surface area is 152 Å². The van der Waals surface area contributed by atoms with Crippen molar-refractivity contribution < 1.29 is 4.94 Å². The highest BCUT2D eigenvalue weighted by atomic mass is 16.8. The standard InChI is InChI=1S/C20H12N6O/c1-3-7-15-13(5-1)19-17(9-21-15)23-11-25(19)27-26-12-24-18-10-22-16-8-4-2-6-14(16)20(18)26/h1-12H. The van der Waals surface area contributed by atoms with Gasteiger partial charge in [0.15, 0.2) is 0 Å². The van der Waals surface area contributed by atoms with Gasteiger partial charge in [-0.25, -0.2) is 9.97 Å². The van der Waals surface area contributed by atoms with Gasteiger partial charge in [0.25, 0.3) is 0 Å². The van der Waals surface area contributed by atoms with E-state index in [0.717, 1.165) is 43.9 Å². The molecule has 0 saturated carbocycles. The minimum absolute atomic E-state index is 0.768. The van der Waals surface area contributed by atoms with Gasteiger partial charge in [0.05, 0.1) is 23.4 Å². The largest absolute Gasteiger partial charge is 0.279 e. The molecule has 27 heavy (non-hydrogen) atoms. The van der Waals surface area contributed by atoms with E-state index in [-0.39, 0.29) is 0 Å². The van der Waals surface area contributed by atoms with Crippen LogP contribution in [0, 0.1) is 0 Å². The number of fused-ring (bicyclic) bond motifs is 6. The molecule has 0 aliphatic rings. The highest BCUT2D eigenvalue weighted by Gasteiger charge is 2.13. The van der Waals surface area contributed by atoms with Crippen LogP contribution in [0.5, 0.6) is 0 Å². The Morgan fingerprint density at radius 1 is 0.556 bits per heavy atom. The number of pyridine rings is 2. The van der Waals surface area contributed by atoms with E-state index in [1.165, 1.54) is 0 Å². The monoisotopic (exact) mass is 352 g/mol. The summed E-state index contributed by atoms with van der Waals surface area (Å²) in [6, 6.07) is 15.8. The first-order chi connectivity index (χ1) is 13.4. The fraction of sp³-hybridized carbons (Fsp3) is 0. The zero-order chi connectivity index (χ0) is 17.8. The van der Waals surface area contributed by atoms with E-state index in [1.807, 2.05) is 48.5 Å². The minimum atomic E-state index is 0.768. The molecule has 0 spiro atoms. The van der Waals surface area contributed by atoms with E-state index >= 15 is 0 Å². The maximum absolute atomic E-state index is 6.15. The molecule has 7 nitrogen and oxygen atoms in total. The molecule has 0 atom stereocenters. The molecule has 0 saturated heterocycles. The third-order valence-electron chi connectivity index (χ3n) is 4.68. The Balaban J connectivity index is 1.60. The molecular formula is C20H12N6O. The van der Waals surface area contributed by atoms with Gasteiger partial charge in [-0.1, -0.05) is 36.4 Å². The van der Waals surface area contributed by atoms with Crippen LogP contribution >= 0.6 is 0 Å². The van der Waals surface area contributed by atoms with Crippen LogP contribution in [0.2, 0.25) is 0 Å². The Morgan fingerprint density at radius 3 is 1.56 bits per heavy atom. The molecule has 6 rings (SSSR count). The van der Waals surface area contributed by atoms with Crippen LogP contribution in [0.4, 0.5) is 0 Å². The van der Waals surface area contributed by atoms with Crippen molar-refractivity contribution in [1.29, 1.82) is 0 Å². The van der Waals surface area contributed by atoms with Gasteiger partial charge < -0.3 is 0 Å². The van der Waals surface area contributed by atoms with Crippen molar-refractivity contribution in [3.8, 4) is 0 Å². The molecule has 6 aromatic rings. The van der Waals surface area contributed by atoms with Gasteiger partial charge in [0, 0.05) is 10.8 Å². The van der Waals surface area contributed by atoms with Crippen molar-refractivity contribution in [1.82, 2.24) is 29.4 Å². The second-order valence-electron chi connectivity index (χ2n) is 6.24. The lowest BCUT2D eigenvalue weighted by atomic mass is 10.2. The van der Waals surface area contributed by atoms with Crippen molar-refractivity contribution in [2.45, 2.75) is 0 Å². The summed E-state index contributed by atoms with van der Waals surface area (Å²) in [6.07, 6.45) is 6.80. The first-order valence-electron chi connectivity index (χ1n) is 8.49. The minimum Gasteiger partial charge on any atom is -0.279 e. The average molecular weight is 352 g/mol. The maximum atomic E-state index is 6.15. The number of para-hydroxylation sites is 2. The summed E-state index contributed by atoms with van der Waals surface area (Å²) in [4.78, 5) is 23.9. The third-order valence-corrected chi connectivity index (χ3v) is 4.68. The summed E-state index contributed by atoms with van der Waals surface area (Å²) in [6.45, 7) is 0. The smallest absolute Gasteiger partial charge is 0.136 e. The highest BCUT2D eigenvalue weighted by Crippen LogP contribution is 2.24. The van der Waals surface area contributed by atoms with Crippen molar-refractivity contribution in [2.75, 3.05) is 0 Å². The van der Waals surface area contributed by atoms with Crippen LogP contribution in [0.25, 0.3) is 43.9 Å². The first-order valence-corrected chi connectivity index (χ1v) is 8.49. The average Bonchev–Trinajstić information content (AvgIpc) is 3.33. The number of imidazole rings is 2. The van der Waals surface area contributed by atoms with E-state index in [4.69, 9.17) is 4.94 Å². The zero-order valence-corrected chi connectivity index (χ0v) is 14.0. The number of nitrogens with zero attached hydrogens (tertiary/aromatic N) is 6. The fourth-order valence-electron chi connectivity index (χ4n) is 3.45. The molecule has 0 aliphatic heterocycles. The van der Waals surface area contributed by atoms with Crippen molar-refractivity contribution in [2.24, 2.45) is 0 Å². The van der Waals surface area contributed by atoms with Gasteiger partial charge in [-0.2, -0.15) is 0 Å². The van der Waals surface area contributed by atoms with Crippen molar-refractivity contribution in [3.05, 3.63) is 73.6 Å². The molecule has 2 aromatic carbocycles.